The summed E-state index contributed by atoms with van der Waals surface area (Å²) < 4.78 is 27.5. The largest absolute Gasteiger partial charge is 0.469 e. The van der Waals surface area contributed by atoms with Gasteiger partial charge in [0.1, 0.15) is 12.2 Å². The van der Waals surface area contributed by atoms with Crippen LogP contribution in [0.3, 0.4) is 0 Å². The molecule has 11 heteroatoms. The number of ether oxygens (including phenoxy) is 5. The van der Waals surface area contributed by atoms with E-state index in [0.29, 0.717) is 4.47 Å². The van der Waals surface area contributed by atoms with Gasteiger partial charge in [0, 0.05) is 32.9 Å². The molecule has 0 unspecified atom stereocenters. The lowest BCUT2D eigenvalue weighted by molar-refractivity contribution is -0.211. The van der Waals surface area contributed by atoms with E-state index in [9.17, 15) is 19.2 Å². The van der Waals surface area contributed by atoms with Crippen LogP contribution in [0.15, 0.2) is 22.8 Å². The summed E-state index contributed by atoms with van der Waals surface area (Å²) in [6.45, 7) is 3.55. The monoisotopic (exact) mass is 501 g/mol. The fourth-order valence-electron chi connectivity index (χ4n) is 3.46. The molecule has 2 rings (SSSR count). The summed E-state index contributed by atoms with van der Waals surface area (Å²) in [6.07, 6.45) is -2.73. The van der Waals surface area contributed by atoms with E-state index in [-0.39, 0.29) is 18.7 Å². The Morgan fingerprint density at radius 2 is 1.58 bits per heavy atom. The molecule has 0 bridgehead atoms. The smallest absolute Gasteiger partial charge is 0.305 e. The zero-order valence-corrected chi connectivity index (χ0v) is 19.1. The van der Waals surface area contributed by atoms with Crippen molar-refractivity contribution in [1.29, 1.82) is 0 Å². The number of nitrogens with zero attached hydrogens (tertiary/aromatic N) is 1. The molecule has 1 aromatic rings. The van der Waals surface area contributed by atoms with Crippen molar-refractivity contribution in [2.45, 2.75) is 58.0 Å². The van der Waals surface area contributed by atoms with E-state index in [1.807, 2.05) is 0 Å². The number of hydrogen-bond acceptors (Lipinski definition) is 10. The highest BCUT2D eigenvalue weighted by molar-refractivity contribution is 9.10. The van der Waals surface area contributed by atoms with Crippen molar-refractivity contribution < 1.29 is 42.9 Å². The fourth-order valence-corrected chi connectivity index (χ4v) is 3.81. The Morgan fingerprint density at radius 1 is 1.00 bits per heavy atom. The Morgan fingerprint density at radius 3 is 2.13 bits per heavy atom. The van der Waals surface area contributed by atoms with Crippen LogP contribution in [0.1, 0.15) is 33.6 Å². The fraction of sp³-hybridized carbons (Fsp3) is 0.550. The summed E-state index contributed by atoms with van der Waals surface area (Å²) in [7, 11) is 1.23. The van der Waals surface area contributed by atoms with Gasteiger partial charge in [0.25, 0.3) is 0 Å². The molecule has 1 heterocycles. The number of methoxy groups -OCH3 is 1. The van der Waals surface area contributed by atoms with Gasteiger partial charge in [0.2, 0.25) is 5.88 Å². The number of rotatable bonds is 7. The molecule has 1 fully saturated rings. The van der Waals surface area contributed by atoms with Crippen molar-refractivity contribution in [2.24, 2.45) is 5.92 Å². The minimum absolute atomic E-state index is 0.131. The first-order chi connectivity index (χ1) is 14.6. The molecule has 0 radical (unpaired) electrons. The van der Waals surface area contributed by atoms with Gasteiger partial charge in [-0.25, -0.2) is 4.98 Å². The van der Waals surface area contributed by atoms with Gasteiger partial charge in [0.15, 0.2) is 12.2 Å². The lowest BCUT2D eigenvalue weighted by Gasteiger charge is -2.44. The average molecular weight is 502 g/mol. The van der Waals surface area contributed by atoms with Crippen LogP contribution < -0.4 is 4.74 Å². The van der Waals surface area contributed by atoms with Crippen LogP contribution in [0.2, 0.25) is 0 Å². The molecular weight excluding hydrogens is 478 g/mol. The summed E-state index contributed by atoms with van der Waals surface area (Å²) in [5, 5.41) is 0. The highest BCUT2D eigenvalue weighted by atomic mass is 79.9. The van der Waals surface area contributed by atoms with Crippen LogP contribution in [0.25, 0.3) is 0 Å². The van der Waals surface area contributed by atoms with Crippen LogP contribution in [0.4, 0.5) is 0 Å². The molecule has 1 saturated carbocycles. The van der Waals surface area contributed by atoms with Crippen molar-refractivity contribution in [3.05, 3.63) is 22.8 Å². The Hall–Kier alpha value is -2.69. The molecule has 1 aliphatic carbocycles. The van der Waals surface area contributed by atoms with Crippen LogP contribution in [0.5, 0.6) is 5.88 Å². The van der Waals surface area contributed by atoms with Gasteiger partial charge in [-0.2, -0.15) is 0 Å². The van der Waals surface area contributed by atoms with Crippen LogP contribution >= 0.6 is 15.9 Å². The van der Waals surface area contributed by atoms with E-state index >= 15 is 0 Å². The van der Waals surface area contributed by atoms with E-state index in [1.165, 1.54) is 34.1 Å². The van der Waals surface area contributed by atoms with Crippen molar-refractivity contribution in [2.75, 3.05) is 7.11 Å². The Labute approximate surface area is 187 Å². The van der Waals surface area contributed by atoms with Gasteiger partial charge in [-0.1, -0.05) is 0 Å². The molecule has 10 nitrogen and oxygen atoms in total. The summed E-state index contributed by atoms with van der Waals surface area (Å²) >= 11 is 3.34. The molecule has 170 valence electrons. The normalized spacial score (nSPS) is 25.1. The summed E-state index contributed by atoms with van der Waals surface area (Å²) in [5.41, 5.74) is 0. The Bertz CT molecular complexity index is 831. The SMILES string of the molecule is COC(=O)C[C@H]1C[C@H](Oc2ncccc2Br)[C@H](OC(C)=O)[C@@H](OC(C)=O)[C@@H]1OC(C)=O. The third-order valence-corrected chi connectivity index (χ3v) is 5.17. The van der Waals surface area contributed by atoms with Crippen molar-refractivity contribution in [1.82, 2.24) is 4.98 Å². The van der Waals surface area contributed by atoms with E-state index < -0.39 is 54.2 Å². The van der Waals surface area contributed by atoms with E-state index in [2.05, 4.69) is 20.9 Å². The quantitative estimate of drug-likeness (QED) is 0.403. The predicted octanol–water partition coefficient (Wildman–Crippen LogP) is 1.97. The van der Waals surface area contributed by atoms with Gasteiger partial charge in [-0.05, 0) is 34.5 Å². The maximum absolute atomic E-state index is 12.0. The first-order valence-electron chi connectivity index (χ1n) is 9.48. The van der Waals surface area contributed by atoms with Crippen LogP contribution in [-0.2, 0) is 38.1 Å². The summed E-state index contributed by atoms with van der Waals surface area (Å²) in [4.78, 5) is 51.5. The van der Waals surface area contributed by atoms with Crippen LogP contribution in [0, 0.1) is 5.92 Å². The number of carbonyl (C=O) groups excluding carboxylic acids is 4. The second-order valence-electron chi connectivity index (χ2n) is 6.94. The maximum atomic E-state index is 12.0. The third-order valence-electron chi connectivity index (χ3n) is 4.56. The molecule has 0 amide bonds. The van der Waals surface area contributed by atoms with Gasteiger partial charge in [-0.3, -0.25) is 19.2 Å². The van der Waals surface area contributed by atoms with Gasteiger partial charge < -0.3 is 23.7 Å². The topological polar surface area (TPSA) is 127 Å². The second kappa shape index (κ2) is 11.1. The molecule has 0 N–H and O–H groups in total. The van der Waals surface area contributed by atoms with Gasteiger partial charge in [0.05, 0.1) is 18.0 Å². The number of hydrogen-bond donors (Lipinski definition) is 0. The molecule has 31 heavy (non-hydrogen) atoms. The molecular formula is C20H24BrNO9. The molecule has 1 aromatic heterocycles. The Kier molecular flexibility index (Phi) is 8.78. The predicted molar refractivity (Wildman–Crippen MR) is 108 cm³/mol. The molecule has 0 aromatic carbocycles. The van der Waals surface area contributed by atoms with E-state index in [1.54, 1.807) is 12.1 Å². The number of halogens is 1. The summed E-state index contributed by atoms with van der Waals surface area (Å²) in [6, 6.07) is 3.41. The maximum Gasteiger partial charge on any atom is 0.305 e. The highest BCUT2D eigenvalue weighted by Crippen LogP contribution is 2.37. The number of aromatic nitrogens is 1. The second-order valence-corrected chi connectivity index (χ2v) is 7.80. The Balaban J connectivity index is 2.48. The lowest BCUT2D eigenvalue weighted by atomic mass is 9.78. The molecule has 0 spiro atoms. The number of esters is 4. The standard InChI is InChI=1S/C20H24BrNO9/c1-10(23)28-17-13(9-16(26)27-4)8-15(31-20-14(21)6-5-7-22-20)18(29-11(2)24)19(17)30-12(3)25/h5-7,13,15,17-19H,8-9H2,1-4H3/t13-,15+,17-,18+,19+/m1/s1. The van der Waals surface area contributed by atoms with Gasteiger partial charge >= 0.3 is 23.9 Å². The molecule has 0 saturated heterocycles. The van der Waals surface area contributed by atoms with Gasteiger partial charge in [-0.15, -0.1) is 0 Å². The molecule has 5 atom stereocenters. The van der Waals surface area contributed by atoms with Crippen molar-refractivity contribution in [3.8, 4) is 5.88 Å². The minimum atomic E-state index is -1.21. The molecule has 0 aliphatic heterocycles. The molecule has 1 aliphatic rings. The van der Waals surface area contributed by atoms with E-state index in [4.69, 9.17) is 23.7 Å². The first-order valence-corrected chi connectivity index (χ1v) is 10.3. The van der Waals surface area contributed by atoms with Crippen molar-refractivity contribution >= 4 is 39.8 Å². The average Bonchev–Trinajstić information content (AvgIpc) is 2.67. The number of carbonyl (C=O) groups is 4. The lowest BCUT2D eigenvalue weighted by Crippen LogP contribution is -2.59. The third kappa shape index (κ3) is 6.91. The van der Waals surface area contributed by atoms with Crippen molar-refractivity contribution in [3.63, 3.8) is 0 Å². The van der Waals surface area contributed by atoms with E-state index in [0.717, 1.165) is 0 Å². The first kappa shape index (κ1) is 24.6. The van der Waals surface area contributed by atoms with Crippen LogP contribution in [-0.4, -0.2) is 60.4 Å². The number of pyridine rings is 1. The zero-order chi connectivity index (χ0) is 23.1. The highest BCUT2D eigenvalue weighted by Gasteiger charge is 2.52. The zero-order valence-electron chi connectivity index (χ0n) is 17.5. The summed E-state index contributed by atoms with van der Waals surface area (Å²) in [5.74, 6) is -2.95. The minimum Gasteiger partial charge on any atom is -0.469 e.